The average Bonchev–Trinajstić information content (AvgIpc) is 2.51. The number of amides is 1. The van der Waals surface area contributed by atoms with Crippen molar-refractivity contribution in [3.63, 3.8) is 0 Å². The molecule has 0 aliphatic heterocycles. The smallest absolute Gasteiger partial charge is 0.262 e. The molecule has 120 valence electrons. The van der Waals surface area contributed by atoms with Crippen LogP contribution in [0, 0.1) is 11.3 Å². The second kappa shape index (κ2) is 9.26. The minimum absolute atomic E-state index is 0.0229. The van der Waals surface area contributed by atoms with Gasteiger partial charge in [0.15, 0.2) is 0 Å². The van der Waals surface area contributed by atoms with Crippen LogP contribution >= 0.6 is 0 Å². The van der Waals surface area contributed by atoms with Crippen LogP contribution in [0.2, 0.25) is 0 Å². The molecule has 0 atom stereocenters. The molecule has 0 unspecified atom stereocenters. The van der Waals surface area contributed by atoms with Crippen molar-refractivity contribution < 1.29 is 9.53 Å². The highest BCUT2D eigenvalue weighted by Crippen LogP contribution is 2.22. The van der Waals surface area contributed by atoms with Crippen molar-refractivity contribution in [1.29, 1.82) is 5.26 Å². The lowest BCUT2D eigenvalue weighted by atomic mass is 10.0. The van der Waals surface area contributed by atoms with Crippen molar-refractivity contribution in [3.8, 4) is 11.8 Å². The maximum absolute atomic E-state index is 12.0. The number of carbonyl (C=O) groups is 1. The van der Waals surface area contributed by atoms with Crippen LogP contribution in [-0.2, 0) is 11.2 Å². The third-order valence-corrected chi connectivity index (χ3v) is 2.90. The topological polar surface area (TPSA) is 62.1 Å². The van der Waals surface area contributed by atoms with Crippen molar-refractivity contribution in [2.75, 3.05) is 6.61 Å². The number of benzene rings is 1. The Labute approximate surface area is 137 Å². The van der Waals surface area contributed by atoms with Gasteiger partial charge >= 0.3 is 0 Å². The number of hydrogen-bond acceptors (Lipinski definition) is 3. The van der Waals surface area contributed by atoms with Gasteiger partial charge in [0, 0.05) is 6.04 Å². The molecule has 23 heavy (non-hydrogen) atoms. The number of carbonyl (C=O) groups excluding carboxylic acids is 1. The Balaban J connectivity index is 3.11. The van der Waals surface area contributed by atoms with Gasteiger partial charge in [0.05, 0.1) is 0 Å². The van der Waals surface area contributed by atoms with Crippen LogP contribution in [0.3, 0.4) is 0 Å². The van der Waals surface area contributed by atoms with Gasteiger partial charge in [0.1, 0.15) is 24.0 Å². The van der Waals surface area contributed by atoms with Crippen molar-refractivity contribution in [3.05, 3.63) is 60.2 Å². The molecule has 0 heterocycles. The third-order valence-electron chi connectivity index (χ3n) is 2.90. The van der Waals surface area contributed by atoms with Crippen molar-refractivity contribution in [2.24, 2.45) is 0 Å². The van der Waals surface area contributed by atoms with Gasteiger partial charge in [-0.15, -0.1) is 6.58 Å². The van der Waals surface area contributed by atoms with Crippen molar-refractivity contribution >= 4 is 12.0 Å². The number of hydrogen-bond donors (Lipinski definition) is 1. The zero-order chi connectivity index (χ0) is 17.2. The zero-order valence-corrected chi connectivity index (χ0v) is 13.6. The first kappa shape index (κ1) is 18.2. The zero-order valence-electron chi connectivity index (χ0n) is 13.6. The summed E-state index contributed by atoms with van der Waals surface area (Å²) in [4.78, 5) is 12.0. The average molecular weight is 310 g/mol. The lowest BCUT2D eigenvalue weighted by molar-refractivity contribution is -0.117. The highest BCUT2D eigenvalue weighted by atomic mass is 16.5. The molecule has 4 heteroatoms. The van der Waals surface area contributed by atoms with E-state index in [-0.39, 0.29) is 17.5 Å². The number of ether oxygens (including phenoxy) is 1. The van der Waals surface area contributed by atoms with E-state index in [1.165, 1.54) is 0 Å². The van der Waals surface area contributed by atoms with Crippen LogP contribution in [0.4, 0.5) is 0 Å². The fourth-order valence-corrected chi connectivity index (χ4v) is 1.95. The minimum atomic E-state index is -0.375. The molecular weight excluding hydrogens is 288 g/mol. The Morgan fingerprint density at radius 3 is 2.70 bits per heavy atom. The molecule has 0 aromatic heterocycles. The molecule has 0 bridgehead atoms. The summed E-state index contributed by atoms with van der Waals surface area (Å²) < 4.78 is 5.59. The second-order valence-electron chi connectivity index (χ2n) is 5.26. The fourth-order valence-electron chi connectivity index (χ4n) is 1.95. The Morgan fingerprint density at radius 2 is 2.13 bits per heavy atom. The predicted molar refractivity (Wildman–Crippen MR) is 92.9 cm³/mol. The fraction of sp³-hybridized carbons (Fsp3) is 0.263. The molecule has 0 saturated heterocycles. The molecule has 0 saturated carbocycles. The van der Waals surface area contributed by atoms with Crippen LogP contribution in [-0.4, -0.2) is 18.6 Å². The normalized spacial score (nSPS) is 10.8. The number of allylic oxidation sites excluding steroid dienone is 1. The number of rotatable bonds is 8. The molecule has 1 amide bonds. The van der Waals surface area contributed by atoms with Gasteiger partial charge in [0.2, 0.25) is 0 Å². The van der Waals surface area contributed by atoms with Gasteiger partial charge in [-0.25, -0.2) is 0 Å². The highest BCUT2D eigenvalue weighted by Gasteiger charge is 2.11. The van der Waals surface area contributed by atoms with Gasteiger partial charge in [-0.1, -0.05) is 24.8 Å². The quantitative estimate of drug-likeness (QED) is 0.455. The number of nitrogens with zero attached hydrogens (tertiary/aromatic N) is 1. The molecular formula is C19H22N2O2. The lowest BCUT2D eigenvalue weighted by Gasteiger charge is -2.10. The number of nitriles is 1. The van der Waals surface area contributed by atoms with E-state index >= 15 is 0 Å². The molecule has 1 N–H and O–H groups in total. The maximum atomic E-state index is 12.0. The summed E-state index contributed by atoms with van der Waals surface area (Å²) in [5.41, 5.74) is 1.78. The van der Waals surface area contributed by atoms with E-state index in [4.69, 9.17) is 4.74 Å². The predicted octanol–water partition coefficient (Wildman–Crippen LogP) is 3.41. The first-order valence-electron chi connectivity index (χ1n) is 7.42. The maximum Gasteiger partial charge on any atom is 0.262 e. The molecule has 1 aromatic rings. The molecule has 0 fully saturated rings. The van der Waals surface area contributed by atoms with Gasteiger partial charge in [0.25, 0.3) is 5.91 Å². The molecule has 1 aromatic carbocycles. The molecule has 0 radical (unpaired) electrons. The molecule has 1 rings (SSSR count). The molecule has 0 aliphatic carbocycles. The first-order valence-corrected chi connectivity index (χ1v) is 7.42. The third kappa shape index (κ3) is 5.84. The summed E-state index contributed by atoms with van der Waals surface area (Å²) in [6, 6.07) is 7.44. The van der Waals surface area contributed by atoms with Gasteiger partial charge in [-0.05, 0) is 49.6 Å². The van der Waals surface area contributed by atoms with Gasteiger partial charge < -0.3 is 10.1 Å². The summed E-state index contributed by atoms with van der Waals surface area (Å²) in [5, 5.41) is 11.9. The second-order valence-corrected chi connectivity index (χ2v) is 5.26. The van der Waals surface area contributed by atoms with Crippen LogP contribution in [0.5, 0.6) is 5.75 Å². The van der Waals surface area contributed by atoms with Crippen LogP contribution in [0.15, 0.2) is 49.1 Å². The van der Waals surface area contributed by atoms with E-state index in [0.717, 1.165) is 16.9 Å². The van der Waals surface area contributed by atoms with Crippen LogP contribution < -0.4 is 10.1 Å². The Morgan fingerprint density at radius 1 is 1.39 bits per heavy atom. The molecule has 0 spiro atoms. The van der Waals surface area contributed by atoms with E-state index in [2.05, 4.69) is 18.5 Å². The Hall–Kier alpha value is -2.80. The van der Waals surface area contributed by atoms with Crippen molar-refractivity contribution in [2.45, 2.75) is 26.3 Å². The standard InChI is InChI=1S/C19H22N2O2/c1-5-7-16-11-15(8-9-18(16)23-10-6-2)12-17(13-20)19(22)21-14(3)4/h5-6,8-9,11-12,14H,1-2,7,10H2,3-4H3,(H,21,22)/b17-12-. The Bertz CT molecular complexity index is 652. The SMILES string of the molecule is C=CCOc1ccc(/C=C(/C#N)C(=O)NC(C)C)cc1CC=C. The van der Waals surface area contributed by atoms with E-state index in [9.17, 15) is 10.1 Å². The summed E-state index contributed by atoms with van der Waals surface area (Å²) in [6.45, 7) is 11.5. The number of nitrogens with one attached hydrogen (secondary N) is 1. The van der Waals surface area contributed by atoms with Crippen molar-refractivity contribution in [1.82, 2.24) is 5.32 Å². The Kier molecular flexibility index (Phi) is 7.35. The highest BCUT2D eigenvalue weighted by molar-refractivity contribution is 6.01. The summed E-state index contributed by atoms with van der Waals surface area (Å²) >= 11 is 0. The van der Waals surface area contributed by atoms with E-state index in [1.54, 1.807) is 18.2 Å². The largest absolute Gasteiger partial charge is 0.489 e. The molecule has 4 nitrogen and oxygen atoms in total. The minimum Gasteiger partial charge on any atom is -0.489 e. The van der Waals surface area contributed by atoms with Gasteiger partial charge in [-0.2, -0.15) is 5.26 Å². The van der Waals surface area contributed by atoms with E-state index in [0.29, 0.717) is 13.0 Å². The lowest BCUT2D eigenvalue weighted by Crippen LogP contribution is -2.30. The first-order chi connectivity index (χ1) is 11.0. The summed E-state index contributed by atoms with van der Waals surface area (Å²) in [7, 11) is 0. The van der Waals surface area contributed by atoms with E-state index < -0.39 is 0 Å². The molecule has 0 aliphatic rings. The van der Waals surface area contributed by atoms with Crippen LogP contribution in [0.25, 0.3) is 6.08 Å². The summed E-state index contributed by atoms with van der Waals surface area (Å²) in [5.74, 6) is 0.367. The summed E-state index contributed by atoms with van der Waals surface area (Å²) in [6.07, 6.45) is 5.66. The van der Waals surface area contributed by atoms with E-state index in [1.807, 2.05) is 38.1 Å². The van der Waals surface area contributed by atoms with Crippen LogP contribution in [0.1, 0.15) is 25.0 Å². The van der Waals surface area contributed by atoms with Gasteiger partial charge in [-0.3, -0.25) is 4.79 Å². The monoisotopic (exact) mass is 310 g/mol.